The van der Waals surface area contributed by atoms with E-state index < -0.39 is 0 Å². The number of aryl methyl sites for hydroxylation is 1. The Kier molecular flexibility index (Phi) is 5.70. The van der Waals surface area contributed by atoms with Crippen LogP contribution in [0.3, 0.4) is 0 Å². The Morgan fingerprint density at radius 1 is 1.00 bits per heavy atom. The van der Waals surface area contributed by atoms with Gasteiger partial charge < -0.3 is 5.73 Å². The maximum atomic E-state index is 12.0. The van der Waals surface area contributed by atoms with Gasteiger partial charge in [-0.25, -0.2) is 0 Å². The first-order valence-electron chi connectivity index (χ1n) is 7.59. The van der Waals surface area contributed by atoms with Crippen molar-refractivity contribution in [1.82, 2.24) is 0 Å². The molecule has 1 atom stereocenters. The van der Waals surface area contributed by atoms with Gasteiger partial charge in [0.15, 0.2) is 0 Å². The standard InChI is InChI=1S/C19H23NO/c1-2-15-8-10-16(11-9-15)14-18(21)12-13-19(20)17-6-4-3-5-7-17/h3-11,19H,2,12-14,20H2,1H3. The first-order valence-corrected chi connectivity index (χ1v) is 7.59. The van der Waals surface area contributed by atoms with Crippen molar-refractivity contribution in [2.75, 3.05) is 0 Å². The van der Waals surface area contributed by atoms with E-state index in [1.54, 1.807) is 0 Å². The number of ketones is 1. The molecule has 0 amide bonds. The second-order valence-electron chi connectivity index (χ2n) is 5.44. The molecule has 0 bridgehead atoms. The number of Topliss-reactive ketones (excluding diaryl/α,β-unsaturated/α-hetero) is 1. The van der Waals surface area contributed by atoms with Crippen LogP contribution in [0.15, 0.2) is 54.6 Å². The van der Waals surface area contributed by atoms with E-state index in [0.29, 0.717) is 19.3 Å². The topological polar surface area (TPSA) is 43.1 Å². The first-order chi connectivity index (χ1) is 10.2. The fourth-order valence-corrected chi connectivity index (χ4v) is 2.39. The molecule has 21 heavy (non-hydrogen) atoms. The molecular formula is C19H23NO. The second-order valence-corrected chi connectivity index (χ2v) is 5.44. The minimum atomic E-state index is -0.0578. The van der Waals surface area contributed by atoms with Crippen molar-refractivity contribution in [1.29, 1.82) is 0 Å². The normalized spacial score (nSPS) is 12.1. The van der Waals surface area contributed by atoms with Crippen molar-refractivity contribution < 1.29 is 4.79 Å². The van der Waals surface area contributed by atoms with E-state index in [4.69, 9.17) is 5.73 Å². The molecule has 0 saturated carbocycles. The Morgan fingerprint density at radius 3 is 2.24 bits per heavy atom. The highest BCUT2D eigenvalue weighted by molar-refractivity contribution is 5.80. The highest BCUT2D eigenvalue weighted by Gasteiger charge is 2.09. The number of benzene rings is 2. The van der Waals surface area contributed by atoms with Crippen LogP contribution in [0.4, 0.5) is 0 Å². The lowest BCUT2D eigenvalue weighted by Crippen LogP contribution is -2.13. The van der Waals surface area contributed by atoms with E-state index in [-0.39, 0.29) is 11.8 Å². The Hall–Kier alpha value is -1.93. The number of hydrogen-bond acceptors (Lipinski definition) is 2. The van der Waals surface area contributed by atoms with Gasteiger partial charge in [0.25, 0.3) is 0 Å². The van der Waals surface area contributed by atoms with Gasteiger partial charge in [-0.2, -0.15) is 0 Å². The second kappa shape index (κ2) is 7.75. The van der Waals surface area contributed by atoms with Crippen LogP contribution in [0.2, 0.25) is 0 Å². The summed E-state index contributed by atoms with van der Waals surface area (Å²) < 4.78 is 0. The minimum Gasteiger partial charge on any atom is -0.324 e. The third kappa shape index (κ3) is 4.83. The summed E-state index contributed by atoms with van der Waals surface area (Å²) in [7, 11) is 0. The zero-order chi connectivity index (χ0) is 15.1. The molecule has 0 spiro atoms. The molecule has 2 nitrogen and oxygen atoms in total. The Bertz CT molecular complexity index is 560. The monoisotopic (exact) mass is 281 g/mol. The fraction of sp³-hybridized carbons (Fsp3) is 0.316. The fourth-order valence-electron chi connectivity index (χ4n) is 2.39. The van der Waals surface area contributed by atoms with Gasteiger partial charge in [-0.1, -0.05) is 61.5 Å². The van der Waals surface area contributed by atoms with Crippen LogP contribution in [-0.2, 0) is 17.6 Å². The van der Waals surface area contributed by atoms with Gasteiger partial charge in [-0.3, -0.25) is 4.79 Å². The number of carbonyl (C=O) groups is 1. The van der Waals surface area contributed by atoms with Crippen LogP contribution in [-0.4, -0.2) is 5.78 Å². The molecule has 0 saturated heterocycles. The summed E-state index contributed by atoms with van der Waals surface area (Å²) in [6.45, 7) is 2.13. The van der Waals surface area contributed by atoms with E-state index in [2.05, 4.69) is 19.1 Å². The van der Waals surface area contributed by atoms with Crippen LogP contribution in [0, 0.1) is 0 Å². The summed E-state index contributed by atoms with van der Waals surface area (Å²) in [5.74, 6) is 0.255. The maximum Gasteiger partial charge on any atom is 0.137 e. The predicted molar refractivity (Wildman–Crippen MR) is 87.1 cm³/mol. The molecule has 0 aliphatic carbocycles. The van der Waals surface area contributed by atoms with Gasteiger partial charge in [0.05, 0.1) is 0 Å². The van der Waals surface area contributed by atoms with Crippen LogP contribution in [0.1, 0.15) is 42.5 Å². The molecule has 0 aromatic heterocycles. The van der Waals surface area contributed by atoms with Crippen LogP contribution in [0.25, 0.3) is 0 Å². The summed E-state index contributed by atoms with van der Waals surface area (Å²) in [5, 5.41) is 0. The summed E-state index contributed by atoms with van der Waals surface area (Å²) in [5.41, 5.74) is 9.61. The molecule has 110 valence electrons. The zero-order valence-corrected chi connectivity index (χ0v) is 12.6. The quantitative estimate of drug-likeness (QED) is 0.838. The highest BCUT2D eigenvalue weighted by atomic mass is 16.1. The molecule has 0 aliphatic heterocycles. The van der Waals surface area contributed by atoms with Gasteiger partial charge >= 0.3 is 0 Å². The number of carbonyl (C=O) groups excluding carboxylic acids is 1. The number of hydrogen-bond donors (Lipinski definition) is 1. The molecule has 0 aliphatic rings. The minimum absolute atomic E-state index is 0.0578. The molecule has 0 radical (unpaired) electrons. The summed E-state index contributed by atoms with van der Waals surface area (Å²) in [6.07, 6.45) is 2.77. The van der Waals surface area contributed by atoms with E-state index >= 15 is 0 Å². The molecule has 1 unspecified atom stereocenters. The van der Waals surface area contributed by atoms with Gasteiger partial charge in [-0.15, -0.1) is 0 Å². The summed E-state index contributed by atoms with van der Waals surface area (Å²) >= 11 is 0. The van der Waals surface area contributed by atoms with Gasteiger partial charge in [0, 0.05) is 18.9 Å². The van der Waals surface area contributed by atoms with Crippen molar-refractivity contribution in [2.45, 2.75) is 38.6 Å². The van der Waals surface area contributed by atoms with Crippen molar-refractivity contribution in [3.63, 3.8) is 0 Å². The van der Waals surface area contributed by atoms with Crippen LogP contribution >= 0.6 is 0 Å². The van der Waals surface area contributed by atoms with E-state index in [1.165, 1.54) is 5.56 Å². The Labute approximate surface area is 127 Å². The molecule has 2 rings (SSSR count). The van der Waals surface area contributed by atoms with E-state index in [1.807, 2.05) is 42.5 Å². The molecule has 2 heteroatoms. The largest absolute Gasteiger partial charge is 0.324 e. The third-order valence-electron chi connectivity index (χ3n) is 3.79. The number of rotatable bonds is 7. The number of nitrogens with two attached hydrogens (primary N) is 1. The maximum absolute atomic E-state index is 12.0. The van der Waals surface area contributed by atoms with Gasteiger partial charge in [0.1, 0.15) is 5.78 Å². The average Bonchev–Trinajstić information content (AvgIpc) is 2.54. The van der Waals surface area contributed by atoms with Crippen molar-refractivity contribution in [3.05, 3.63) is 71.3 Å². The highest BCUT2D eigenvalue weighted by Crippen LogP contribution is 2.16. The van der Waals surface area contributed by atoms with E-state index in [9.17, 15) is 4.79 Å². The van der Waals surface area contributed by atoms with Gasteiger partial charge in [-0.05, 0) is 29.5 Å². The van der Waals surface area contributed by atoms with Crippen molar-refractivity contribution in [2.24, 2.45) is 5.73 Å². The third-order valence-corrected chi connectivity index (χ3v) is 3.79. The molecule has 2 aromatic carbocycles. The summed E-state index contributed by atoms with van der Waals surface area (Å²) in [6, 6.07) is 18.2. The first kappa shape index (κ1) is 15.5. The van der Waals surface area contributed by atoms with Crippen LogP contribution < -0.4 is 5.73 Å². The smallest absolute Gasteiger partial charge is 0.137 e. The molecule has 2 aromatic rings. The SMILES string of the molecule is CCc1ccc(CC(=O)CCC(N)c2ccccc2)cc1. The molecule has 0 fully saturated rings. The zero-order valence-electron chi connectivity index (χ0n) is 12.6. The van der Waals surface area contributed by atoms with E-state index in [0.717, 1.165) is 17.5 Å². The average molecular weight is 281 g/mol. The van der Waals surface area contributed by atoms with Crippen molar-refractivity contribution in [3.8, 4) is 0 Å². The van der Waals surface area contributed by atoms with Gasteiger partial charge in [0.2, 0.25) is 0 Å². The lowest BCUT2D eigenvalue weighted by Gasteiger charge is -2.11. The Balaban J connectivity index is 1.81. The Morgan fingerprint density at radius 2 is 1.62 bits per heavy atom. The van der Waals surface area contributed by atoms with Crippen molar-refractivity contribution >= 4 is 5.78 Å². The molecular weight excluding hydrogens is 258 g/mol. The summed E-state index contributed by atoms with van der Waals surface area (Å²) in [4.78, 5) is 12.0. The predicted octanol–water partition coefficient (Wildman–Crippen LogP) is 3.84. The lowest BCUT2D eigenvalue weighted by atomic mass is 9.98. The molecule has 2 N–H and O–H groups in total. The lowest BCUT2D eigenvalue weighted by molar-refractivity contribution is -0.118. The molecule has 0 heterocycles. The van der Waals surface area contributed by atoms with Crippen LogP contribution in [0.5, 0.6) is 0 Å².